The zero-order valence-electron chi connectivity index (χ0n) is 10.9. The molecule has 0 spiro atoms. The number of hydrogen-bond donors (Lipinski definition) is 0. The smallest absolute Gasteiger partial charge is 0.208 e. The zero-order valence-corrected chi connectivity index (χ0v) is 13.3. The molecular weight excluding hydrogens is 314 g/mol. The Morgan fingerprint density at radius 2 is 1.90 bits per heavy atom. The molecule has 0 radical (unpaired) electrons. The number of hydrogen-bond acceptors (Lipinski definition) is 3. The molecule has 1 aromatic carbocycles. The van der Waals surface area contributed by atoms with E-state index in [0.717, 1.165) is 10.4 Å². The Labute approximate surface area is 128 Å². The topological polar surface area (TPSA) is 37.4 Å². The summed E-state index contributed by atoms with van der Waals surface area (Å²) in [6, 6.07) is 12.9. The van der Waals surface area contributed by atoms with Crippen molar-refractivity contribution in [3.63, 3.8) is 0 Å². The second-order valence-corrected chi connectivity index (χ2v) is 7.95. The molecule has 0 aliphatic carbocycles. The van der Waals surface area contributed by atoms with Crippen molar-refractivity contribution in [2.75, 3.05) is 7.05 Å². The van der Waals surface area contributed by atoms with Gasteiger partial charge in [0.1, 0.15) is 0 Å². The van der Waals surface area contributed by atoms with Crippen LogP contribution in [0.3, 0.4) is 0 Å². The number of benzene rings is 1. The zero-order chi connectivity index (χ0) is 14.6. The Bertz CT molecular complexity index is 693. The van der Waals surface area contributed by atoms with E-state index in [1.807, 2.05) is 36.4 Å². The lowest BCUT2D eigenvalue weighted by Crippen LogP contribution is -2.23. The average Bonchev–Trinajstić information content (AvgIpc) is 2.83. The van der Waals surface area contributed by atoms with E-state index >= 15 is 0 Å². The monoisotopic (exact) mass is 327 g/mol. The molecule has 1 aromatic heterocycles. The predicted octanol–water partition coefficient (Wildman–Crippen LogP) is 3.83. The van der Waals surface area contributed by atoms with Crippen molar-refractivity contribution in [1.29, 1.82) is 0 Å². The van der Waals surface area contributed by atoms with Crippen LogP contribution in [0.15, 0.2) is 47.9 Å². The highest BCUT2D eigenvalue weighted by Crippen LogP contribution is 2.23. The van der Waals surface area contributed by atoms with E-state index in [-0.39, 0.29) is 0 Å². The third kappa shape index (κ3) is 4.18. The van der Waals surface area contributed by atoms with E-state index in [0.29, 0.717) is 10.9 Å². The van der Waals surface area contributed by atoms with Gasteiger partial charge in [0.05, 0.1) is 4.34 Å². The molecule has 0 N–H and O–H groups in total. The molecule has 106 valence electrons. The van der Waals surface area contributed by atoms with Gasteiger partial charge in [-0.3, -0.25) is 0 Å². The molecule has 20 heavy (non-hydrogen) atoms. The highest BCUT2D eigenvalue weighted by atomic mass is 35.5. The highest BCUT2D eigenvalue weighted by molar-refractivity contribution is 7.92. The standard InChI is InChI=1S/C14H14ClNO2S2/c1-16(11-13-7-8-14(15)19-13)20(17,18)10-9-12-5-3-2-4-6-12/h2-10H,11H2,1H3/b10-9+. The summed E-state index contributed by atoms with van der Waals surface area (Å²) in [4.78, 5) is 0.911. The Kier molecular flexibility index (Phi) is 4.99. The Hall–Kier alpha value is -1.14. The van der Waals surface area contributed by atoms with Crippen LogP contribution in [0, 0.1) is 0 Å². The van der Waals surface area contributed by atoms with E-state index < -0.39 is 10.0 Å². The lowest BCUT2D eigenvalue weighted by molar-refractivity contribution is 0.478. The first-order valence-electron chi connectivity index (χ1n) is 5.91. The van der Waals surface area contributed by atoms with Crippen molar-refractivity contribution in [2.45, 2.75) is 6.54 Å². The molecule has 2 aromatic rings. The quantitative estimate of drug-likeness (QED) is 0.836. The molecule has 0 aliphatic rings. The molecule has 0 amide bonds. The van der Waals surface area contributed by atoms with Crippen molar-refractivity contribution in [2.24, 2.45) is 0 Å². The largest absolute Gasteiger partial charge is 0.236 e. The van der Waals surface area contributed by atoms with Gasteiger partial charge in [-0.1, -0.05) is 41.9 Å². The van der Waals surface area contributed by atoms with Crippen molar-refractivity contribution >= 4 is 39.0 Å². The fraction of sp³-hybridized carbons (Fsp3) is 0.143. The van der Waals surface area contributed by atoms with E-state index in [1.54, 1.807) is 19.2 Å². The fourth-order valence-corrected chi connectivity index (χ4v) is 3.66. The van der Waals surface area contributed by atoms with Gasteiger partial charge in [0.2, 0.25) is 10.0 Å². The second kappa shape index (κ2) is 6.54. The van der Waals surface area contributed by atoms with E-state index in [4.69, 9.17) is 11.6 Å². The van der Waals surface area contributed by atoms with Gasteiger partial charge in [0.25, 0.3) is 0 Å². The van der Waals surface area contributed by atoms with Crippen LogP contribution in [0.2, 0.25) is 4.34 Å². The average molecular weight is 328 g/mol. The molecule has 6 heteroatoms. The van der Waals surface area contributed by atoms with Gasteiger partial charge >= 0.3 is 0 Å². The molecule has 3 nitrogen and oxygen atoms in total. The van der Waals surface area contributed by atoms with E-state index in [9.17, 15) is 8.42 Å². The molecule has 1 heterocycles. The third-order valence-corrected chi connectivity index (χ3v) is 5.37. The molecule has 0 unspecified atom stereocenters. The maximum atomic E-state index is 12.1. The highest BCUT2D eigenvalue weighted by Gasteiger charge is 2.15. The van der Waals surface area contributed by atoms with Crippen LogP contribution in [0.1, 0.15) is 10.4 Å². The van der Waals surface area contributed by atoms with Crippen molar-refractivity contribution in [1.82, 2.24) is 4.31 Å². The maximum Gasteiger partial charge on any atom is 0.236 e. The van der Waals surface area contributed by atoms with Crippen LogP contribution in [0.25, 0.3) is 6.08 Å². The van der Waals surface area contributed by atoms with Crippen LogP contribution in [0.5, 0.6) is 0 Å². The molecule has 0 atom stereocenters. The fourth-order valence-electron chi connectivity index (χ4n) is 1.58. The molecule has 0 saturated carbocycles. The van der Waals surface area contributed by atoms with E-state index in [2.05, 4.69) is 0 Å². The maximum absolute atomic E-state index is 12.1. The summed E-state index contributed by atoms with van der Waals surface area (Å²) < 4.78 is 26.2. The lowest BCUT2D eigenvalue weighted by Gasteiger charge is -2.13. The van der Waals surface area contributed by atoms with Gasteiger partial charge < -0.3 is 0 Å². The van der Waals surface area contributed by atoms with E-state index in [1.165, 1.54) is 21.1 Å². The first kappa shape index (κ1) is 15.3. The van der Waals surface area contributed by atoms with Crippen molar-refractivity contribution < 1.29 is 8.42 Å². The molecule has 0 saturated heterocycles. The van der Waals surface area contributed by atoms with Crippen LogP contribution in [-0.4, -0.2) is 19.8 Å². The van der Waals surface area contributed by atoms with Gasteiger partial charge in [-0.2, -0.15) is 4.31 Å². The van der Waals surface area contributed by atoms with Crippen LogP contribution < -0.4 is 0 Å². The minimum atomic E-state index is -3.43. The van der Waals surface area contributed by atoms with Gasteiger partial charge in [0.15, 0.2) is 0 Å². The van der Waals surface area contributed by atoms with Gasteiger partial charge in [-0.25, -0.2) is 8.42 Å². The van der Waals surface area contributed by atoms with Gasteiger partial charge in [-0.15, -0.1) is 11.3 Å². The summed E-state index contributed by atoms with van der Waals surface area (Å²) in [7, 11) is -1.88. The first-order valence-corrected chi connectivity index (χ1v) is 8.61. The van der Waals surface area contributed by atoms with Gasteiger partial charge in [0, 0.05) is 23.9 Å². The minimum absolute atomic E-state index is 0.318. The molecule has 0 bridgehead atoms. The number of rotatable bonds is 5. The summed E-state index contributed by atoms with van der Waals surface area (Å²) in [5, 5.41) is 1.22. The number of sulfonamides is 1. The van der Waals surface area contributed by atoms with Crippen molar-refractivity contribution in [3.8, 4) is 0 Å². The minimum Gasteiger partial charge on any atom is -0.208 e. The summed E-state index contributed by atoms with van der Waals surface area (Å²) in [5.41, 5.74) is 0.851. The van der Waals surface area contributed by atoms with Crippen LogP contribution in [-0.2, 0) is 16.6 Å². The number of thiophene rings is 1. The Morgan fingerprint density at radius 3 is 2.50 bits per heavy atom. The lowest BCUT2D eigenvalue weighted by atomic mass is 10.2. The Morgan fingerprint density at radius 1 is 1.20 bits per heavy atom. The van der Waals surface area contributed by atoms with Gasteiger partial charge in [-0.05, 0) is 23.8 Å². The summed E-state index contributed by atoms with van der Waals surface area (Å²) in [6.45, 7) is 0.318. The molecule has 0 fully saturated rings. The summed E-state index contributed by atoms with van der Waals surface area (Å²) >= 11 is 7.22. The molecular formula is C14H14ClNO2S2. The predicted molar refractivity (Wildman–Crippen MR) is 85.2 cm³/mol. The SMILES string of the molecule is CN(Cc1ccc(Cl)s1)S(=O)(=O)/C=C/c1ccccc1. The summed E-state index contributed by atoms with van der Waals surface area (Å²) in [5.74, 6) is 0. The Balaban J connectivity index is 2.08. The first-order chi connectivity index (χ1) is 9.47. The summed E-state index contributed by atoms with van der Waals surface area (Å²) in [6.07, 6.45) is 1.59. The second-order valence-electron chi connectivity index (χ2n) is 4.22. The number of halogens is 1. The van der Waals surface area contributed by atoms with Crippen molar-refractivity contribution in [3.05, 3.63) is 62.6 Å². The van der Waals surface area contributed by atoms with Crippen LogP contribution in [0.4, 0.5) is 0 Å². The normalized spacial score (nSPS) is 12.3. The molecule has 0 aliphatic heterocycles. The molecule has 2 rings (SSSR count). The third-order valence-electron chi connectivity index (χ3n) is 2.67. The van der Waals surface area contributed by atoms with Crippen LogP contribution >= 0.6 is 22.9 Å². The number of nitrogens with zero attached hydrogens (tertiary/aromatic N) is 1.